The van der Waals surface area contributed by atoms with Gasteiger partial charge in [0.05, 0.1) is 0 Å². The quantitative estimate of drug-likeness (QED) is 0.808. The Bertz CT molecular complexity index is 486. The van der Waals surface area contributed by atoms with Crippen LogP contribution in [0.25, 0.3) is 11.4 Å². The second-order valence-corrected chi connectivity index (χ2v) is 3.61. The van der Waals surface area contributed by atoms with Crippen LogP contribution in [-0.4, -0.2) is 19.7 Å². The SMILES string of the molecule is CCCn1[nH]c(-c2cccnc2)nc1=S. The van der Waals surface area contributed by atoms with Gasteiger partial charge in [0.1, 0.15) is 0 Å². The van der Waals surface area contributed by atoms with E-state index in [4.69, 9.17) is 12.2 Å². The van der Waals surface area contributed by atoms with Crippen LogP contribution in [-0.2, 0) is 6.54 Å². The van der Waals surface area contributed by atoms with Crippen molar-refractivity contribution in [1.29, 1.82) is 0 Å². The number of hydrogen-bond donors (Lipinski definition) is 1. The molecule has 0 atom stereocenters. The van der Waals surface area contributed by atoms with Crippen LogP contribution in [0, 0.1) is 4.77 Å². The molecule has 2 aromatic rings. The fraction of sp³-hybridized carbons (Fsp3) is 0.300. The van der Waals surface area contributed by atoms with Crippen LogP contribution in [0.15, 0.2) is 24.5 Å². The zero-order valence-corrected chi connectivity index (χ0v) is 9.29. The molecule has 78 valence electrons. The summed E-state index contributed by atoms with van der Waals surface area (Å²) in [6, 6.07) is 3.84. The van der Waals surface area contributed by atoms with Crippen molar-refractivity contribution in [2.75, 3.05) is 0 Å². The van der Waals surface area contributed by atoms with E-state index in [2.05, 4.69) is 22.0 Å². The topological polar surface area (TPSA) is 46.5 Å². The van der Waals surface area contributed by atoms with Crippen molar-refractivity contribution >= 4 is 12.2 Å². The molecule has 0 unspecified atom stereocenters. The summed E-state index contributed by atoms with van der Waals surface area (Å²) in [5.74, 6) is 0.779. The molecule has 2 heterocycles. The van der Waals surface area contributed by atoms with E-state index in [1.165, 1.54) is 0 Å². The Hall–Kier alpha value is -1.49. The van der Waals surface area contributed by atoms with E-state index in [0.717, 1.165) is 24.4 Å². The van der Waals surface area contributed by atoms with Crippen molar-refractivity contribution in [3.8, 4) is 11.4 Å². The van der Waals surface area contributed by atoms with Crippen molar-refractivity contribution in [3.63, 3.8) is 0 Å². The highest BCUT2D eigenvalue weighted by atomic mass is 32.1. The van der Waals surface area contributed by atoms with Crippen LogP contribution in [0.1, 0.15) is 13.3 Å². The molecule has 0 aromatic carbocycles. The second-order valence-electron chi connectivity index (χ2n) is 3.25. The third-order valence-electron chi connectivity index (χ3n) is 2.06. The van der Waals surface area contributed by atoms with Crippen LogP contribution in [0.3, 0.4) is 0 Å². The zero-order valence-electron chi connectivity index (χ0n) is 8.47. The molecule has 0 aliphatic heterocycles. The number of aryl methyl sites for hydroxylation is 1. The predicted octanol–water partition coefficient (Wildman–Crippen LogP) is 2.41. The molecule has 1 N–H and O–H groups in total. The number of hydrogen-bond acceptors (Lipinski definition) is 3. The maximum Gasteiger partial charge on any atom is 0.216 e. The highest BCUT2D eigenvalue weighted by molar-refractivity contribution is 7.71. The number of rotatable bonds is 3. The van der Waals surface area contributed by atoms with Crippen molar-refractivity contribution in [2.45, 2.75) is 19.9 Å². The van der Waals surface area contributed by atoms with E-state index >= 15 is 0 Å². The highest BCUT2D eigenvalue weighted by Crippen LogP contribution is 2.12. The van der Waals surface area contributed by atoms with Crippen LogP contribution in [0.5, 0.6) is 0 Å². The van der Waals surface area contributed by atoms with Gasteiger partial charge in [0.25, 0.3) is 0 Å². The summed E-state index contributed by atoms with van der Waals surface area (Å²) in [5, 5.41) is 3.16. The lowest BCUT2D eigenvalue weighted by Gasteiger charge is -1.97. The number of H-pyrrole nitrogens is 1. The molecule has 0 radical (unpaired) electrons. The highest BCUT2D eigenvalue weighted by Gasteiger charge is 2.03. The molecule has 0 saturated heterocycles. The van der Waals surface area contributed by atoms with Gasteiger partial charge in [-0.2, -0.15) is 4.98 Å². The number of nitrogens with one attached hydrogen (secondary N) is 1. The Kier molecular flexibility index (Phi) is 2.91. The van der Waals surface area contributed by atoms with Gasteiger partial charge in [0.15, 0.2) is 5.82 Å². The van der Waals surface area contributed by atoms with Crippen molar-refractivity contribution in [1.82, 2.24) is 19.7 Å². The Morgan fingerprint density at radius 3 is 3.07 bits per heavy atom. The van der Waals surface area contributed by atoms with E-state index in [0.29, 0.717) is 4.77 Å². The fourth-order valence-corrected chi connectivity index (χ4v) is 1.59. The molecule has 2 rings (SSSR count). The zero-order chi connectivity index (χ0) is 10.7. The van der Waals surface area contributed by atoms with E-state index in [1.807, 2.05) is 16.8 Å². The summed E-state index contributed by atoms with van der Waals surface area (Å²) in [5.41, 5.74) is 0.957. The summed E-state index contributed by atoms with van der Waals surface area (Å²) >= 11 is 5.14. The molecular formula is C10H12N4S. The Morgan fingerprint density at radius 2 is 2.40 bits per heavy atom. The van der Waals surface area contributed by atoms with Gasteiger partial charge < -0.3 is 0 Å². The molecule has 5 heteroatoms. The molecule has 0 fully saturated rings. The second kappa shape index (κ2) is 4.35. The van der Waals surface area contributed by atoms with Crippen molar-refractivity contribution in [3.05, 3.63) is 29.3 Å². The van der Waals surface area contributed by atoms with Crippen LogP contribution in [0.2, 0.25) is 0 Å². The van der Waals surface area contributed by atoms with Gasteiger partial charge in [-0.1, -0.05) is 6.92 Å². The third-order valence-corrected chi connectivity index (χ3v) is 2.37. The lowest BCUT2D eigenvalue weighted by atomic mass is 10.3. The molecule has 0 spiro atoms. The predicted molar refractivity (Wildman–Crippen MR) is 60.9 cm³/mol. The molecule has 15 heavy (non-hydrogen) atoms. The normalized spacial score (nSPS) is 10.5. The Morgan fingerprint density at radius 1 is 1.53 bits per heavy atom. The molecule has 4 nitrogen and oxygen atoms in total. The van der Waals surface area contributed by atoms with Gasteiger partial charge in [-0.15, -0.1) is 0 Å². The van der Waals surface area contributed by atoms with Crippen molar-refractivity contribution in [2.24, 2.45) is 0 Å². The summed E-state index contributed by atoms with van der Waals surface area (Å²) in [6.45, 7) is 2.97. The van der Waals surface area contributed by atoms with Crippen LogP contribution < -0.4 is 0 Å². The molecule has 2 aromatic heterocycles. The first-order valence-electron chi connectivity index (χ1n) is 4.88. The minimum atomic E-state index is 0.593. The Balaban J connectivity index is 2.39. The molecule has 0 aliphatic carbocycles. The molecule has 0 bridgehead atoms. The molecule has 0 saturated carbocycles. The standard InChI is InChI=1S/C10H12N4S/c1-2-6-14-10(15)12-9(13-14)8-4-3-5-11-7-8/h3-5,7H,2,6H2,1H3,(H,12,13,15). The largest absolute Gasteiger partial charge is 0.279 e. The van der Waals surface area contributed by atoms with Gasteiger partial charge in [0, 0.05) is 24.5 Å². The third kappa shape index (κ3) is 2.12. The van der Waals surface area contributed by atoms with Crippen LogP contribution in [0.4, 0.5) is 0 Å². The minimum absolute atomic E-state index is 0.593. The first-order valence-corrected chi connectivity index (χ1v) is 5.29. The van der Waals surface area contributed by atoms with Gasteiger partial charge in [-0.3, -0.25) is 14.8 Å². The summed E-state index contributed by atoms with van der Waals surface area (Å²) in [7, 11) is 0. The lowest BCUT2D eigenvalue weighted by Crippen LogP contribution is -1.98. The number of aromatic amines is 1. The van der Waals surface area contributed by atoms with Gasteiger partial charge >= 0.3 is 0 Å². The first kappa shape index (κ1) is 10.0. The monoisotopic (exact) mass is 220 g/mol. The first-order chi connectivity index (χ1) is 7.31. The maximum absolute atomic E-state index is 5.14. The van der Waals surface area contributed by atoms with E-state index in [1.54, 1.807) is 12.4 Å². The smallest absolute Gasteiger partial charge is 0.216 e. The van der Waals surface area contributed by atoms with E-state index in [9.17, 15) is 0 Å². The molecule has 0 aliphatic rings. The molecule has 0 amide bonds. The summed E-state index contributed by atoms with van der Waals surface area (Å²) in [4.78, 5) is 8.32. The maximum atomic E-state index is 5.14. The van der Waals surface area contributed by atoms with E-state index < -0.39 is 0 Å². The molecular weight excluding hydrogens is 208 g/mol. The average molecular weight is 220 g/mol. The van der Waals surface area contributed by atoms with Crippen molar-refractivity contribution < 1.29 is 0 Å². The van der Waals surface area contributed by atoms with Gasteiger partial charge in [-0.05, 0) is 30.8 Å². The average Bonchev–Trinajstić information content (AvgIpc) is 2.63. The number of nitrogens with zero attached hydrogens (tertiary/aromatic N) is 3. The number of aromatic nitrogens is 4. The fourth-order valence-electron chi connectivity index (χ4n) is 1.36. The number of pyridine rings is 1. The lowest BCUT2D eigenvalue weighted by molar-refractivity contribution is 0.595. The summed E-state index contributed by atoms with van der Waals surface area (Å²) < 4.78 is 2.47. The minimum Gasteiger partial charge on any atom is -0.279 e. The van der Waals surface area contributed by atoms with Crippen LogP contribution >= 0.6 is 12.2 Å². The van der Waals surface area contributed by atoms with E-state index in [-0.39, 0.29) is 0 Å². The van der Waals surface area contributed by atoms with Gasteiger partial charge in [0.2, 0.25) is 4.77 Å². The Labute approximate surface area is 93.0 Å². The summed E-state index contributed by atoms with van der Waals surface area (Å²) in [6.07, 6.45) is 4.54. The van der Waals surface area contributed by atoms with Gasteiger partial charge in [-0.25, -0.2) is 0 Å².